The van der Waals surface area contributed by atoms with Crippen LogP contribution in [0.25, 0.3) is 5.69 Å². The Balaban J connectivity index is 1.88. The first kappa shape index (κ1) is 12.6. The highest BCUT2D eigenvalue weighted by Crippen LogP contribution is 2.28. The maximum Gasteiger partial charge on any atom is 0.138 e. The monoisotopic (exact) mass is 285 g/mol. The van der Waals surface area contributed by atoms with Gasteiger partial charge in [0.2, 0.25) is 0 Å². The van der Waals surface area contributed by atoms with Crippen LogP contribution in [-0.4, -0.2) is 19.7 Å². The van der Waals surface area contributed by atoms with Crippen molar-refractivity contribution >= 4 is 17.3 Å². The minimum Gasteiger partial charge on any atom is -0.379 e. The van der Waals surface area contributed by atoms with Crippen molar-refractivity contribution in [2.75, 3.05) is 5.32 Å². The second-order valence-corrected chi connectivity index (χ2v) is 4.59. The highest BCUT2D eigenvalue weighted by atomic mass is 35.5. The summed E-state index contributed by atoms with van der Waals surface area (Å²) in [6, 6.07) is 9.62. The quantitative estimate of drug-likeness (QED) is 0.801. The van der Waals surface area contributed by atoms with Gasteiger partial charge in [0, 0.05) is 18.9 Å². The van der Waals surface area contributed by atoms with Gasteiger partial charge in [0.15, 0.2) is 0 Å². The normalized spacial score (nSPS) is 10.4. The third-order valence-corrected chi connectivity index (χ3v) is 3.17. The Morgan fingerprint density at radius 1 is 1.10 bits per heavy atom. The smallest absolute Gasteiger partial charge is 0.138 e. The number of nitrogens with one attached hydrogen (secondary N) is 1. The molecule has 0 atom stereocenters. The molecule has 3 aromatic rings. The van der Waals surface area contributed by atoms with Crippen molar-refractivity contribution in [1.82, 2.24) is 19.7 Å². The van der Waals surface area contributed by atoms with E-state index >= 15 is 0 Å². The van der Waals surface area contributed by atoms with Gasteiger partial charge >= 0.3 is 0 Å². The van der Waals surface area contributed by atoms with Gasteiger partial charge < -0.3 is 5.32 Å². The lowest BCUT2D eigenvalue weighted by Crippen LogP contribution is -2.05. The predicted molar refractivity (Wildman–Crippen MR) is 77.9 cm³/mol. The number of rotatable bonds is 4. The van der Waals surface area contributed by atoms with Crippen LogP contribution in [0.2, 0.25) is 5.02 Å². The Morgan fingerprint density at radius 2 is 1.95 bits per heavy atom. The molecular weight excluding hydrogens is 274 g/mol. The lowest BCUT2D eigenvalue weighted by Gasteiger charge is -2.13. The first-order valence-corrected chi connectivity index (χ1v) is 6.48. The molecule has 0 aliphatic rings. The largest absolute Gasteiger partial charge is 0.379 e. The van der Waals surface area contributed by atoms with Crippen LogP contribution < -0.4 is 5.32 Å². The van der Waals surface area contributed by atoms with E-state index in [4.69, 9.17) is 11.6 Å². The minimum absolute atomic E-state index is 0.621. The molecule has 0 saturated heterocycles. The van der Waals surface area contributed by atoms with Crippen LogP contribution in [0.3, 0.4) is 0 Å². The van der Waals surface area contributed by atoms with Crippen molar-refractivity contribution in [1.29, 1.82) is 0 Å². The number of benzene rings is 1. The van der Waals surface area contributed by atoms with Gasteiger partial charge in [0.05, 0.1) is 10.7 Å². The van der Waals surface area contributed by atoms with Crippen molar-refractivity contribution in [2.24, 2.45) is 0 Å². The zero-order chi connectivity index (χ0) is 13.8. The van der Waals surface area contributed by atoms with Crippen LogP contribution >= 0.6 is 11.6 Å². The molecule has 100 valence electrons. The Kier molecular flexibility index (Phi) is 3.60. The molecule has 0 unspecified atom stereocenters. The first-order valence-electron chi connectivity index (χ1n) is 6.11. The topological polar surface area (TPSA) is 55.6 Å². The van der Waals surface area contributed by atoms with Gasteiger partial charge in [-0.25, -0.2) is 9.67 Å². The SMILES string of the molecule is Clc1cccc(NCc2ccncc2)c1-n1cncn1. The predicted octanol–water partition coefficient (Wildman–Crippen LogP) is 2.93. The van der Waals surface area contributed by atoms with Gasteiger partial charge in [0.25, 0.3) is 0 Å². The molecule has 3 rings (SSSR count). The standard InChI is InChI=1S/C14H12ClN5/c15-12-2-1-3-13(14(12)20-10-17-9-19-20)18-8-11-4-6-16-7-5-11/h1-7,9-10,18H,8H2. The molecule has 20 heavy (non-hydrogen) atoms. The van der Waals surface area contributed by atoms with E-state index < -0.39 is 0 Å². The van der Waals surface area contributed by atoms with E-state index in [1.54, 1.807) is 23.4 Å². The average molecular weight is 286 g/mol. The first-order chi connectivity index (χ1) is 9.84. The molecule has 0 bridgehead atoms. The van der Waals surface area contributed by atoms with Crippen LogP contribution in [0.5, 0.6) is 0 Å². The summed E-state index contributed by atoms with van der Waals surface area (Å²) in [4.78, 5) is 7.96. The molecule has 5 nitrogen and oxygen atoms in total. The number of nitrogens with zero attached hydrogens (tertiary/aromatic N) is 4. The number of hydrogen-bond acceptors (Lipinski definition) is 4. The molecule has 0 saturated carbocycles. The summed E-state index contributed by atoms with van der Waals surface area (Å²) in [5.41, 5.74) is 2.84. The van der Waals surface area contributed by atoms with Crippen LogP contribution in [0.4, 0.5) is 5.69 Å². The third-order valence-electron chi connectivity index (χ3n) is 2.87. The molecule has 0 aliphatic heterocycles. The summed E-state index contributed by atoms with van der Waals surface area (Å²) in [7, 11) is 0. The van der Waals surface area contributed by atoms with E-state index in [9.17, 15) is 0 Å². The third kappa shape index (κ3) is 2.62. The molecule has 2 heterocycles. The Hall–Kier alpha value is -2.40. The van der Waals surface area contributed by atoms with Gasteiger partial charge in [0.1, 0.15) is 18.3 Å². The van der Waals surface area contributed by atoms with E-state index in [1.165, 1.54) is 6.33 Å². The fraction of sp³-hybridized carbons (Fsp3) is 0.0714. The van der Waals surface area contributed by atoms with E-state index in [-0.39, 0.29) is 0 Å². The van der Waals surface area contributed by atoms with Gasteiger partial charge in [-0.1, -0.05) is 17.7 Å². The number of aromatic nitrogens is 4. The molecule has 2 aromatic heterocycles. The molecule has 0 fully saturated rings. The van der Waals surface area contributed by atoms with Gasteiger partial charge in [-0.15, -0.1) is 0 Å². The molecule has 0 radical (unpaired) electrons. The zero-order valence-electron chi connectivity index (χ0n) is 10.6. The van der Waals surface area contributed by atoms with Crippen LogP contribution in [0, 0.1) is 0 Å². The lowest BCUT2D eigenvalue weighted by molar-refractivity contribution is 0.878. The number of halogens is 1. The Labute approximate surface area is 121 Å². The molecular formula is C14H12ClN5. The Morgan fingerprint density at radius 3 is 2.70 bits per heavy atom. The van der Waals surface area contributed by atoms with Gasteiger partial charge in [-0.05, 0) is 29.8 Å². The fourth-order valence-electron chi connectivity index (χ4n) is 1.91. The molecule has 0 aliphatic carbocycles. The van der Waals surface area contributed by atoms with Crippen molar-refractivity contribution in [3.63, 3.8) is 0 Å². The second kappa shape index (κ2) is 5.71. The maximum atomic E-state index is 6.26. The van der Waals surface area contributed by atoms with Crippen LogP contribution in [0.15, 0.2) is 55.4 Å². The van der Waals surface area contributed by atoms with E-state index in [0.717, 1.165) is 16.9 Å². The molecule has 0 spiro atoms. The minimum atomic E-state index is 0.621. The number of anilines is 1. The fourth-order valence-corrected chi connectivity index (χ4v) is 2.17. The van der Waals surface area contributed by atoms with Crippen LogP contribution in [-0.2, 0) is 6.54 Å². The average Bonchev–Trinajstić information content (AvgIpc) is 3.00. The molecule has 1 N–H and O–H groups in total. The summed E-state index contributed by atoms with van der Waals surface area (Å²) in [5.74, 6) is 0. The van der Waals surface area contributed by atoms with Crippen LogP contribution in [0.1, 0.15) is 5.56 Å². The number of hydrogen-bond donors (Lipinski definition) is 1. The summed E-state index contributed by atoms with van der Waals surface area (Å²) in [6.45, 7) is 0.685. The maximum absolute atomic E-state index is 6.26. The van der Waals surface area contributed by atoms with Crippen molar-refractivity contribution in [3.05, 3.63) is 66.0 Å². The van der Waals surface area contributed by atoms with E-state index in [2.05, 4.69) is 20.4 Å². The van der Waals surface area contributed by atoms with Gasteiger partial charge in [-0.3, -0.25) is 4.98 Å². The van der Waals surface area contributed by atoms with E-state index in [0.29, 0.717) is 11.6 Å². The molecule has 1 aromatic carbocycles. The summed E-state index contributed by atoms with van der Waals surface area (Å²) < 4.78 is 1.65. The second-order valence-electron chi connectivity index (χ2n) is 4.19. The van der Waals surface area contributed by atoms with Crippen molar-refractivity contribution in [2.45, 2.75) is 6.54 Å². The van der Waals surface area contributed by atoms with E-state index in [1.807, 2.05) is 30.3 Å². The highest BCUT2D eigenvalue weighted by molar-refractivity contribution is 6.33. The molecule has 6 heteroatoms. The number of pyridine rings is 1. The lowest BCUT2D eigenvalue weighted by atomic mass is 10.2. The highest BCUT2D eigenvalue weighted by Gasteiger charge is 2.09. The summed E-state index contributed by atoms with van der Waals surface area (Å²) in [5, 5.41) is 8.11. The summed E-state index contributed by atoms with van der Waals surface area (Å²) >= 11 is 6.26. The summed E-state index contributed by atoms with van der Waals surface area (Å²) in [6.07, 6.45) is 6.65. The van der Waals surface area contributed by atoms with Crippen molar-refractivity contribution < 1.29 is 0 Å². The van der Waals surface area contributed by atoms with Gasteiger partial charge in [-0.2, -0.15) is 5.10 Å². The van der Waals surface area contributed by atoms with Crippen molar-refractivity contribution in [3.8, 4) is 5.69 Å². The molecule has 0 amide bonds. The zero-order valence-corrected chi connectivity index (χ0v) is 11.3. The number of para-hydroxylation sites is 1. The Bertz CT molecular complexity index is 682.